The van der Waals surface area contributed by atoms with Gasteiger partial charge in [-0.2, -0.15) is 0 Å². The Labute approximate surface area is 211 Å². The maximum atomic E-state index is 13.9. The molecule has 4 aromatic rings. The number of nitrogens with zero attached hydrogens (tertiary/aromatic N) is 1. The van der Waals surface area contributed by atoms with Gasteiger partial charge in [-0.3, -0.25) is 4.79 Å². The van der Waals surface area contributed by atoms with E-state index in [9.17, 15) is 13.6 Å². The summed E-state index contributed by atoms with van der Waals surface area (Å²) in [6, 6.07) is 16.4. The van der Waals surface area contributed by atoms with Gasteiger partial charge in [-0.05, 0) is 48.4 Å². The van der Waals surface area contributed by atoms with Crippen molar-refractivity contribution in [3.05, 3.63) is 94.5 Å². The van der Waals surface area contributed by atoms with Gasteiger partial charge in [0.2, 0.25) is 0 Å². The first kappa shape index (κ1) is 25.1. The van der Waals surface area contributed by atoms with Crippen LogP contribution in [0.25, 0.3) is 10.6 Å². The number of rotatable bonds is 10. The van der Waals surface area contributed by atoms with Crippen LogP contribution in [-0.4, -0.2) is 31.7 Å². The van der Waals surface area contributed by atoms with Crippen LogP contribution < -0.4 is 19.5 Å². The second-order valence-electron chi connectivity index (χ2n) is 7.71. The highest BCUT2D eigenvalue weighted by Gasteiger charge is 2.15. The molecule has 186 valence electrons. The highest BCUT2D eigenvalue weighted by atomic mass is 32.1. The summed E-state index contributed by atoms with van der Waals surface area (Å²) >= 11 is 1.32. The molecule has 1 heterocycles. The van der Waals surface area contributed by atoms with E-state index in [0.717, 1.165) is 11.3 Å². The van der Waals surface area contributed by atoms with Gasteiger partial charge < -0.3 is 19.5 Å². The van der Waals surface area contributed by atoms with Crippen molar-refractivity contribution in [2.45, 2.75) is 13.0 Å². The lowest BCUT2D eigenvalue weighted by atomic mass is 10.1. The molecule has 0 saturated heterocycles. The molecular formula is C27H24F2N2O4S. The maximum absolute atomic E-state index is 13.9. The molecule has 0 saturated carbocycles. The number of hydrogen-bond acceptors (Lipinski definition) is 6. The monoisotopic (exact) mass is 510 g/mol. The molecule has 6 nitrogen and oxygen atoms in total. The van der Waals surface area contributed by atoms with Gasteiger partial charge in [-0.25, -0.2) is 13.8 Å². The molecule has 0 aliphatic carbocycles. The van der Waals surface area contributed by atoms with Crippen LogP contribution in [0.2, 0.25) is 0 Å². The third kappa shape index (κ3) is 5.80. The molecule has 0 atom stereocenters. The van der Waals surface area contributed by atoms with Crippen LogP contribution in [0, 0.1) is 11.6 Å². The number of halogens is 2. The fourth-order valence-electron chi connectivity index (χ4n) is 3.56. The average Bonchev–Trinajstić information content (AvgIpc) is 3.39. The molecule has 0 spiro atoms. The Kier molecular flexibility index (Phi) is 8.12. The topological polar surface area (TPSA) is 69.7 Å². The van der Waals surface area contributed by atoms with Gasteiger partial charge in [0.05, 0.1) is 19.8 Å². The summed E-state index contributed by atoms with van der Waals surface area (Å²) in [6.07, 6.45) is 0.627. The summed E-state index contributed by atoms with van der Waals surface area (Å²) in [7, 11) is 3.09. The number of thiazole rings is 1. The third-order valence-electron chi connectivity index (χ3n) is 5.45. The summed E-state index contributed by atoms with van der Waals surface area (Å²) in [5, 5.41) is 5.19. The minimum atomic E-state index is -0.679. The van der Waals surface area contributed by atoms with E-state index in [2.05, 4.69) is 10.3 Å². The van der Waals surface area contributed by atoms with Gasteiger partial charge in [0.1, 0.15) is 34.7 Å². The summed E-state index contributed by atoms with van der Waals surface area (Å²) in [5.74, 6) is -0.143. The Morgan fingerprint density at radius 3 is 2.44 bits per heavy atom. The zero-order chi connectivity index (χ0) is 25.5. The van der Waals surface area contributed by atoms with Gasteiger partial charge in [-0.1, -0.05) is 24.3 Å². The van der Waals surface area contributed by atoms with E-state index in [1.165, 1.54) is 36.6 Å². The second-order valence-corrected chi connectivity index (χ2v) is 8.57. The molecule has 0 aliphatic heterocycles. The fraction of sp³-hybridized carbons (Fsp3) is 0.185. The van der Waals surface area contributed by atoms with Crippen LogP contribution in [0.5, 0.6) is 17.2 Å². The van der Waals surface area contributed by atoms with Gasteiger partial charge in [0, 0.05) is 17.5 Å². The normalized spacial score (nSPS) is 10.7. The van der Waals surface area contributed by atoms with Crippen molar-refractivity contribution in [2.24, 2.45) is 0 Å². The number of hydrogen-bond donors (Lipinski definition) is 1. The number of methoxy groups -OCH3 is 2. The SMILES string of the molecule is COc1ccccc1CCNC(=O)c1csc(-c2ccc(OCc3c(F)cccc3F)c(OC)c2)n1. The van der Waals surface area contributed by atoms with Gasteiger partial charge >= 0.3 is 0 Å². The number of aromatic nitrogens is 1. The predicted octanol–water partition coefficient (Wildman–Crippen LogP) is 5.66. The minimum Gasteiger partial charge on any atom is -0.496 e. The van der Waals surface area contributed by atoms with Crippen molar-refractivity contribution in [2.75, 3.05) is 20.8 Å². The Morgan fingerprint density at radius 1 is 0.944 bits per heavy atom. The molecule has 0 fully saturated rings. The van der Waals surface area contributed by atoms with Crippen LogP contribution in [0.1, 0.15) is 21.6 Å². The third-order valence-corrected chi connectivity index (χ3v) is 6.34. The Balaban J connectivity index is 1.40. The summed E-state index contributed by atoms with van der Waals surface area (Å²) in [4.78, 5) is 17.0. The van der Waals surface area contributed by atoms with Crippen LogP contribution in [0.3, 0.4) is 0 Å². The first-order valence-electron chi connectivity index (χ1n) is 11.1. The number of carbonyl (C=O) groups excluding carboxylic acids is 1. The number of nitrogens with one attached hydrogen (secondary N) is 1. The Bertz CT molecular complexity index is 1340. The molecule has 3 aromatic carbocycles. The van der Waals surface area contributed by atoms with Crippen LogP contribution >= 0.6 is 11.3 Å². The molecule has 0 aliphatic rings. The zero-order valence-electron chi connectivity index (χ0n) is 19.7. The molecule has 9 heteroatoms. The first-order valence-corrected chi connectivity index (χ1v) is 12.0. The quantitative estimate of drug-likeness (QED) is 0.298. The number of ether oxygens (including phenoxy) is 3. The first-order chi connectivity index (χ1) is 17.5. The molecule has 36 heavy (non-hydrogen) atoms. The van der Waals surface area contributed by atoms with Gasteiger partial charge in [-0.15, -0.1) is 11.3 Å². The highest BCUT2D eigenvalue weighted by Crippen LogP contribution is 2.34. The van der Waals surface area contributed by atoms with Gasteiger partial charge in [0.15, 0.2) is 11.5 Å². The molecular weight excluding hydrogens is 486 g/mol. The number of benzene rings is 3. The Hall–Kier alpha value is -3.98. The van der Waals surface area contributed by atoms with E-state index in [0.29, 0.717) is 40.7 Å². The van der Waals surface area contributed by atoms with E-state index in [1.54, 1.807) is 30.7 Å². The molecule has 0 unspecified atom stereocenters. The zero-order valence-corrected chi connectivity index (χ0v) is 20.5. The van der Waals surface area contributed by atoms with Crippen molar-refractivity contribution in [1.82, 2.24) is 10.3 Å². The molecule has 0 radical (unpaired) electrons. The van der Waals surface area contributed by atoms with E-state index >= 15 is 0 Å². The standard InChI is InChI=1S/C27H24F2N2O4S/c1-33-23-9-4-3-6-17(23)12-13-30-26(32)22-16-36-27(31-22)18-10-11-24(25(14-18)34-2)35-15-19-20(28)7-5-8-21(19)29/h3-11,14,16H,12-13,15H2,1-2H3,(H,30,32). The predicted molar refractivity (Wildman–Crippen MR) is 134 cm³/mol. The van der Waals surface area contributed by atoms with Gasteiger partial charge in [0.25, 0.3) is 5.91 Å². The number of carbonyl (C=O) groups is 1. The van der Waals surface area contributed by atoms with Crippen molar-refractivity contribution in [3.63, 3.8) is 0 Å². The second kappa shape index (κ2) is 11.6. The number of para-hydroxylation sites is 1. The molecule has 0 bridgehead atoms. The maximum Gasteiger partial charge on any atom is 0.270 e. The van der Waals surface area contributed by atoms with E-state index < -0.39 is 11.6 Å². The summed E-state index contributed by atoms with van der Waals surface area (Å²) in [6.45, 7) is 0.152. The van der Waals surface area contributed by atoms with Crippen molar-refractivity contribution >= 4 is 17.2 Å². The lowest BCUT2D eigenvalue weighted by molar-refractivity contribution is 0.0950. The van der Waals surface area contributed by atoms with Crippen LogP contribution in [0.4, 0.5) is 8.78 Å². The molecule has 1 N–H and O–H groups in total. The molecule has 4 rings (SSSR count). The number of amides is 1. The molecule has 1 aromatic heterocycles. The Morgan fingerprint density at radius 2 is 1.69 bits per heavy atom. The molecule has 1 amide bonds. The smallest absolute Gasteiger partial charge is 0.270 e. The van der Waals surface area contributed by atoms with E-state index in [1.807, 2.05) is 24.3 Å². The van der Waals surface area contributed by atoms with Crippen molar-refractivity contribution in [3.8, 4) is 27.8 Å². The van der Waals surface area contributed by atoms with E-state index in [-0.39, 0.29) is 18.1 Å². The average molecular weight is 511 g/mol. The van der Waals surface area contributed by atoms with Crippen molar-refractivity contribution < 1.29 is 27.8 Å². The van der Waals surface area contributed by atoms with Crippen LogP contribution in [0.15, 0.2) is 66.0 Å². The summed E-state index contributed by atoms with van der Waals surface area (Å²) in [5.41, 5.74) is 1.87. The minimum absolute atomic E-state index is 0.162. The van der Waals surface area contributed by atoms with E-state index in [4.69, 9.17) is 14.2 Å². The lowest BCUT2D eigenvalue weighted by Crippen LogP contribution is -2.26. The largest absolute Gasteiger partial charge is 0.496 e. The lowest BCUT2D eigenvalue weighted by Gasteiger charge is -2.12. The van der Waals surface area contributed by atoms with Crippen molar-refractivity contribution in [1.29, 1.82) is 0 Å². The highest BCUT2D eigenvalue weighted by molar-refractivity contribution is 7.13. The summed E-state index contributed by atoms with van der Waals surface area (Å²) < 4.78 is 44.1. The van der Waals surface area contributed by atoms with Crippen LogP contribution in [-0.2, 0) is 13.0 Å². The fourth-order valence-corrected chi connectivity index (χ4v) is 4.36.